The molecule has 1 aliphatic heterocycles. The number of carbonyl (C=O) groups excluding carboxylic acids is 3. The van der Waals surface area contributed by atoms with Crippen LogP contribution in [0.4, 0.5) is 13.2 Å². The van der Waals surface area contributed by atoms with E-state index in [1.807, 2.05) is 0 Å². The van der Waals surface area contributed by atoms with Gasteiger partial charge in [0.1, 0.15) is 12.7 Å². The zero-order chi connectivity index (χ0) is 29.6. The molecule has 1 heterocycles. The number of hydrogen-bond acceptors (Lipinski definition) is 10. The summed E-state index contributed by atoms with van der Waals surface area (Å²) in [6.07, 6.45) is -8.02. The Kier molecular flexibility index (Phi) is 9.05. The second-order valence-electron chi connectivity index (χ2n) is 8.48. The van der Waals surface area contributed by atoms with E-state index >= 15 is 0 Å². The molecule has 0 aliphatic carbocycles. The van der Waals surface area contributed by atoms with Crippen LogP contribution in [0, 0.1) is 0 Å². The van der Waals surface area contributed by atoms with Gasteiger partial charge in [0.05, 0.1) is 16.7 Å². The number of rotatable bonds is 9. The van der Waals surface area contributed by atoms with Gasteiger partial charge in [-0.25, -0.2) is 18.6 Å². The Bertz CT molecular complexity index is 1470. The van der Waals surface area contributed by atoms with Crippen molar-refractivity contribution in [3.8, 4) is 0 Å². The van der Waals surface area contributed by atoms with Crippen molar-refractivity contribution in [1.29, 1.82) is 0 Å². The van der Waals surface area contributed by atoms with E-state index in [0.29, 0.717) is 0 Å². The Morgan fingerprint density at radius 3 is 1.59 bits per heavy atom. The monoisotopic (exact) mass is 594 g/mol. The largest absolute Gasteiger partial charge is 0.523 e. The van der Waals surface area contributed by atoms with Crippen molar-refractivity contribution in [3.63, 3.8) is 0 Å². The van der Waals surface area contributed by atoms with Crippen LogP contribution in [0.1, 0.15) is 31.1 Å². The van der Waals surface area contributed by atoms with Crippen molar-refractivity contribution in [3.05, 3.63) is 108 Å². The third-order valence-corrected chi connectivity index (χ3v) is 6.70. The van der Waals surface area contributed by atoms with Crippen LogP contribution in [0.3, 0.4) is 0 Å². The number of esters is 3. The van der Waals surface area contributed by atoms with Crippen molar-refractivity contribution in [2.24, 2.45) is 0 Å². The number of carbonyl (C=O) groups is 3. The first kappa shape index (κ1) is 29.7. The summed E-state index contributed by atoms with van der Waals surface area (Å²) in [5, 5.41) is 0. The summed E-state index contributed by atoms with van der Waals surface area (Å²) < 4.78 is 89.5. The van der Waals surface area contributed by atoms with Crippen LogP contribution in [0.15, 0.2) is 91.0 Å². The Morgan fingerprint density at radius 2 is 1.12 bits per heavy atom. The summed E-state index contributed by atoms with van der Waals surface area (Å²) in [6.45, 7) is -0.744. The van der Waals surface area contributed by atoms with Crippen molar-refractivity contribution in [2.45, 2.75) is 30.1 Å². The normalized spacial score (nSPS) is 20.7. The fourth-order valence-electron chi connectivity index (χ4n) is 3.70. The van der Waals surface area contributed by atoms with Gasteiger partial charge in [-0.1, -0.05) is 54.6 Å². The van der Waals surface area contributed by atoms with Gasteiger partial charge in [0.15, 0.2) is 12.2 Å². The first-order valence-corrected chi connectivity index (χ1v) is 13.3. The molecule has 0 N–H and O–H groups in total. The Hall–Kier alpha value is -4.27. The zero-order valence-electron chi connectivity index (χ0n) is 20.8. The van der Waals surface area contributed by atoms with Crippen molar-refractivity contribution in [1.82, 2.24) is 0 Å². The summed E-state index contributed by atoms with van der Waals surface area (Å²) in [7, 11) is -6.32. The molecule has 0 bridgehead atoms. The smallest absolute Gasteiger partial charge is 0.459 e. The molecule has 10 nitrogen and oxygen atoms in total. The molecule has 14 heteroatoms. The first-order chi connectivity index (χ1) is 19.5. The summed E-state index contributed by atoms with van der Waals surface area (Å²) >= 11 is 0. The van der Waals surface area contributed by atoms with E-state index in [9.17, 15) is 36.0 Å². The van der Waals surface area contributed by atoms with Gasteiger partial charge >= 0.3 is 33.5 Å². The van der Waals surface area contributed by atoms with E-state index < -0.39 is 64.7 Å². The van der Waals surface area contributed by atoms with E-state index in [1.54, 1.807) is 30.3 Å². The minimum Gasteiger partial charge on any atom is -0.459 e. The summed E-state index contributed by atoms with van der Waals surface area (Å²) in [6, 6.07) is 22.0. The van der Waals surface area contributed by atoms with Crippen molar-refractivity contribution >= 4 is 28.0 Å². The molecule has 0 amide bonds. The molecule has 3 aromatic carbocycles. The second kappa shape index (κ2) is 12.5. The van der Waals surface area contributed by atoms with E-state index in [-0.39, 0.29) is 16.7 Å². The van der Waals surface area contributed by atoms with Crippen LogP contribution in [0.5, 0.6) is 0 Å². The number of alkyl halides is 3. The SMILES string of the molecule is O=C(OC[C@H]1O[C@H](OC(=O)c2ccccc2)[C@@H](OS(=O)(=O)C(F)(F)F)C1OC(=O)c1ccccc1)c1ccccc1. The Balaban J connectivity index is 1.66. The van der Waals surface area contributed by atoms with Gasteiger partial charge < -0.3 is 18.9 Å². The van der Waals surface area contributed by atoms with Gasteiger partial charge in [0.25, 0.3) is 0 Å². The number of hydrogen-bond donors (Lipinski definition) is 0. The lowest BCUT2D eigenvalue weighted by Gasteiger charge is -2.24. The van der Waals surface area contributed by atoms with Gasteiger partial charge in [-0.15, -0.1) is 0 Å². The lowest BCUT2D eigenvalue weighted by Crippen LogP contribution is -2.44. The maximum atomic E-state index is 13.3. The minimum atomic E-state index is -6.32. The molecule has 41 heavy (non-hydrogen) atoms. The van der Waals surface area contributed by atoms with Crippen LogP contribution in [0.2, 0.25) is 0 Å². The van der Waals surface area contributed by atoms with E-state index in [4.69, 9.17) is 18.9 Å². The molecular formula is C27H21F3O10S. The van der Waals surface area contributed by atoms with Gasteiger partial charge in [0.2, 0.25) is 6.29 Å². The van der Waals surface area contributed by atoms with E-state index in [0.717, 1.165) is 0 Å². The molecule has 1 saturated heterocycles. The highest BCUT2D eigenvalue weighted by molar-refractivity contribution is 7.87. The average Bonchev–Trinajstić information content (AvgIpc) is 3.26. The van der Waals surface area contributed by atoms with Crippen LogP contribution in [0.25, 0.3) is 0 Å². The van der Waals surface area contributed by atoms with E-state index in [2.05, 4.69) is 4.18 Å². The third-order valence-electron chi connectivity index (χ3n) is 5.66. The lowest BCUT2D eigenvalue weighted by atomic mass is 10.1. The first-order valence-electron chi connectivity index (χ1n) is 11.9. The Morgan fingerprint density at radius 1 is 0.683 bits per heavy atom. The minimum absolute atomic E-state index is 0.0466. The molecule has 0 saturated carbocycles. The van der Waals surface area contributed by atoms with Gasteiger partial charge in [-0.3, -0.25) is 0 Å². The molecule has 0 aromatic heterocycles. The zero-order valence-corrected chi connectivity index (χ0v) is 21.6. The molecule has 3 aromatic rings. The van der Waals surface area contributed by atoms with Gasteiger partial charge in [0, 0.05) is 0 Å². The summed E-state index contributed by atoms with van der Waals surface area (Å²) in [4.78, 5) is 38.0. The topological polar surface area (TPSA) is 132 Å². The van der Waals surface area contributed by atoms with E-state index in [1.165, 1.54) is 60.7 Å². The summed E-state index contributed by atoms with van der Waals surface area (Å²) in [5.74, 6) is -3.07. The maximum absolute atomic E-state index is 13.3. The molecular weight excluding hydrogens is 573 g/mol. The predicted octanol–water partition coefficient (Wildman–Crippen LogP) is 3.89. The third kappa shape index (κ3) is 7.28. The van der Waals surface area contributed by atoms with Crippen molar-refractivity contribution < 1.29 is 59.1 Å². The number of halogens is 3. The fraction of sp³-hybridized carbons (Fsp3) is 0.222. The molecule has 1 aliphatic rings. The number of ether oxygens (including phenoxy) is 4. The molecule has 0 radical (unpaired) electrons. The van der Waals surface area contributed by atoms with Crippen LogP contribution >= 0.6 is 0 Å². The Labute approximate surface area is 231 Å². The molecule has 0 spiro atoms. The maximum Gasteiger partial charge on any atom is 0.523 e. The van der Waals surface area contributed by atoms with Gasteiger partial charge in [-0.05, 0) is 36.4 Å². The van der Waals surface area contributed by atoms with Gasteiger partial charge in [-0.2, -0.15) is 21.6 Å². The average molecular weight is 595 g/mol. The highest BCUT2D eigenvalue weighted by atomic mass is 32.2. The molecule has 216 valence electrons. The standard InChI is InChI=1S/C27H21F3O10S/c28-27(29,30)41(34,35)40-22-21(38-24(32)18-12-6-2-7-13-18)20(16-36-23(31)17-10-4-1-5-11-17)37-26(22)39-25(33)19-14-8-3-9-15-19/h1-15,20-22,26H,16H2/t20-,21?,22+,26-/m1/s1. The van der Waals surface area contributed by atoms with Crippen LogP contribution in [-0.2, 0) is 33.2 Å². The van der Waals surface area contributed by atoms with Crippen LogP contribution in [-0.4, -0.2) is 63.0 Å². The number of benzene rings is 3. The van der Waals surface area contributed by atoms with Crippen molar-refractivity contribution in [2.75, 3.05) is 6.61 Å². The molecule has 4 rings (SSSR count). The molecule has 1 fully saturated rings. The fourth-order valence-corrected chi connectivity index (χ4v) is 4.30. The van der Waals surface area contributed by atoms with Crippen LogP contribution < -0.4 is 0 Å². The molecule has 4 atom stereocenters. The second-order valence-corrected chi connectivity index (χ2v) is 10.0. The lowest BCUT2D eigenvalue weighted by molar-refractivity contribution is -0.138. The predicted molar refractivity (Wildman–Crippen MR) is 133 cm³/mol. The quantitative estimate of drug-likeness (QED) is 0.156. The summed E-state index contributed by atoms with van der Waals surface area (Å²) in [5.41, 5.74) is -5.87. The highest BCUT2D eigenvalue weighted by Crippen LogP contribution is 2.34. The highest BCUT2D eigenvalue weighted by Gasteiger charge is 2.57. The molecule has 1 unspecified atom stereocenters.